The van der Waals surface area contributed by atoms with Crippen molar-refractivity contribution in [2.45, 2.75) is 0 Å². The molecule has 0 amide bonds. The van der Waals surface area contributed by atoms with Gasteiger partial charge in [0.1, 0.15) is 0 Å². The van der Waals surface area contributed by atoms with Crippen molar-refractivity contribution in [3.8, 4) is 0 Å². The van der Waals surface area contributed by atoms with Gasteiger partial charge in [-0.15, -0.1) is 0 Å². The minimum Gasteiger partial charge on any atom is -0.478 e. The smallest absolute Gasteiger partial charge is 0.335 e. The van der Waals surface area contributed by atoms with Gasteiger partial charge in [0.2, 0.25) is 0 Å². The van der Waals surface area contributed by atoms with Crippen molar-refractivity contribution in [1.29, 1.82) is 0 Å². The molecule has 0 aliphatic rings. The molecular weight excluding hydrogens is 328 g/mol. The second-order valence-electron chi connectivity index (χ2n) is 5.15. The summed E-state index contributed by atoms with van der Waals surface area (Å²) in [5.41, 5.74) is 2.10. The molecule has 2 N–H and O–H groups in total. The highest BCUT2D eigenvalue weighted by Gasteiger charge is 1.97. The van der Waals surface area contributed by atoms with Crippen LogP contribution in [-0.2, 0) is 9.59 Å². The van der Waals surface area contributed by atoms with E-state index in [1.54, 1.807) is 12.2 Å². The number of hydrogen-bond acceptors (Lipinski definition) is 2. The van der Waals surface area contributed by atoms with Crippen molar-refractivity contribution in [2.24, 2.45) is 0 Å². The van der Waals surface area contributed by atoms with Crippen LogP contribution in [0.2, 0.25) is 0 Å². The van der Waals surface area contributed by atoms with Gasteiger partial charge in [-0.1, -0.05) is 86.0 Å². The van der Waals surface area contributed by atoms with Gasteiger partial charge < -0.3 is 10.2 Å². The third kappa shape index (κ3) is 8.26. The second-order valence-corrected chi connectivity index (χ2v) is 5.15. The van der Waals surface area contributed by atoms with Gasteiger partial charge in [0, 0.05) is 0 Å². The first-order valence-electron chi connectivity index (χ1n) is 7.71. The van der Waals surface area contributed by atoms with Gasteiger partial charge in [0.25, 0.3) is 0 Å². The lowest BCUT2D eigenvalue weighted by atomic mass is 10.2. The molecule has 0 aliphatic carbocycles. The average molecular weight is 348 g/mol. The molecule has 2 rings (SSSR count). The maximum absolute atomic E-state index is 10.4. The van der Waals surface area contributed by atoms with Gasteiger partial charge in [-0.25, -0.2) is 9.59 Å². The van der Waals surface area contributed by atoms with Crippen molar-refractivity contribution in [3.63, 3.8) is 0 Å². The summed E-state index contributed by atoms with van der Waals surface area (Å²) in [7, 11) is 0. The summed E-state index contributed by atoms with van der Waals surface area (Å²) < 4.78 is 0. The maximum atomic E-state index is 10.4. The number of carboxylic acids is 2. The van der Waals surface area contributed by atoms with E-state index in [4.69, 9.17) is 10.2 Å². The molecule has 0 radical (unpaired) electrons. The summed E-state index contributed by atoms with van der Waals surface area (Å²) in [5.74, 6) is -1.99. The Kier molecular flexibility index (Phi) is 8.62. The molecule has 0 aromatic heterocycles. The van der Waals surface area contributed by atoms with Crippen molar-refractivity contribution in [3.05, 3.63) is 108 Å². The zero-order valence-electron chi connectivity index (χ0n) is 14.2. The Morgan fingerprint density at radius 1 is 0.654 bits per heavy atom. The number of benzene rings is 2. The Balaban J connectivity index is 0.000000260. The molecule has 2 aromatic rings. The summed E-state index contributed by atoms with van der Waals surface area (Å²) in [4.78, 5) is 20.7. The SMILES string of the molecule is C=C(C=Cc1ccccc1)C(=O)O.C=C(C=Cc1ccccc1)C(=O)O. The summed E-state index contributed by atoms with van der Waals surface area (Å²) in [6, 6.07) is 19.0. The lowest BCUT2D eigenvalue weighted by Crippen LogP contribution is -1.94. The van der Waals surface area contributed by atoms with E-state index < -0.39 is 11.9 Å². The summed E-state index contributed by atoms with van der Waals surface area (Å²) in [6.45, 7) is 6.77. The van der Waals surface area contributed by atoms with Crippen LogP contribution in [0.25, 0.3) is 12.2 Å². The molecule has 4 heteroatoms. The van der Waals surface area contributed by atoms with E-state index in [1.807, 2.05) is 60.7 Å². The second kappa shape index (κ2) is 11.0. The van der Waals surface area contributed by atoms with Crippen LogP contribution in [-0.4, -0.2) is 22.2 Å². The third-order valence-electron chi connectivity index (χ3n) is 3.10. The zero-order valence-corrected chi connectivity index (χ0v) is 14.2. The topological polar surface area (TPSA) is 74.6 Å². The van der Waals surface area contributed by atoms with Gasteiger partial charge >= 0.3 is 11.9 Å². The van der Waals surface area contributed by atoms with Crippen LogP contribution in [0.15, 0.2) is 97.1 Å². The molecule has 0 unspecified atom stereocenters. The van der Waals surface area contributed by atoms with Crippen molar-refractivity contribution in [2.75, 3.05) is 0 Å². The standard InChI is InChI=1S/2C11H10O2/c2*1-9(11(12)13)7-8-10-5-3-2-4-6-10/h2*2-8H,1H2,(H,12,13). The van der Waals surface area contributed by atoms with E-state index in [0.29, 0.717) is 0 Å². The van der Waals surface area contributed by atoms with Crippen LogP contribution in [0.1, 0.15) is 11.1 Å². The fourth-order valence-corrected chi connectivity index (χ4v) is 1.66. The molecule has 0 bridgehead atoms. The molecule has 132 valence electrons. The molecule has 0 saturated carbocycles. The fraction of sp³-hybridized carbons (Fsp3) is 0. The molecule has 26 heavy (non-hydrogen) atoms. The van der Waals surface area contributed by atoms with E-state index in [2.05, 4.69) is 13.2 Å². The first-order valence-corrected chi connectivity index (χ1v) is 7.71. The Labute approximate surface area is 152 Å². The van der Waals surface area contributed by atoms with Crippen LogP contribution >= 0.6 is 0 Å². The summed E-state index contributed by atoms with van der Waals surface area (Å²) in [6.07, 6.45) is 6.40. The lowest BCUT2D eigenvalue weighted by Gasteiger charge is -1.91. The van der Waals surface area contributed by atoms with Crippen molar-refractivity contribution < 1.29 is 19.8 Å². The van der Waals surface area contributed by atoms with E-state index in [1.165, 1.54) is 12.2 Å². The van der Waals surface area contributed by atoms with Crippen LogP contribution in [0.3, 0.4) is 0 Å². The fourth-order valence-electron chi connectivity index (χ4n) is 1.66. The maximum Gasteiger partial charge on any atom is 0.335 e. The molecule has 0 heterocycles. The number of rotatable bonds is 6. The molecule has 4 nitrogen and oxygen atoms in total. The van der Waals surface area contributed by atoms with Crippen LogP contribution < -0.4 is 0 Å². The molecule has 0 saturated heterocycles. The predicted molar refractivity (Wildman–Crippen MR) is 105 cm³/mol. The van der Waals surface area contributed by atoms with E-state index >= 15 is 0 Å². The van der Waals surface area contributed by atoms with Gasteiger partial charge in [-0.05, 0) is 23.3 Å². The van der Waals surface area contributed by atoms with Gasteiger partial charge in [0.05, 0.1) is 11.1 Å². The Bertz CT molecular complexity index is 744. The average Bonchev–Trinajstić information content (AvgIpc) is 2.66. The van der Waals surface area contributed by atoms with Crippen LogP contribution in [0.4, 0.5) is 0 Å². The van der Waals surface area contributed by atoms with Gasteiger partial charge in [0.15, 0.2) is 0 Å². The molecular formula is C22H20O4. The summed E-state index contributed by atoms with van der Waals surface area (Å²) in [5, 5.41) is 17.0. The van der Waals surface area contributed by atoms with Crippen molar-refractivity contribution >= 4 is 24.1 Å². The lowest BCUT2D eigenvalue weighted by molar-refractivity contribution is -0.133. The van der Waals surface area contributed by atoms with E-state index in [9.17, 15) is 9.59 Å². The highest BCUT2D eigenvalue weighted by molar-refractivity contribution is 5.90. The highest BCUT2D eigenvalue weighted by atomic mass is 16.4. The summed E-state index contributed by atoms with van der Waals surface area (Å²) >= 11 is 0. The van der Waals surface area contributed by atoms with E-state index in [0.717, 1.165) is 11.1 Å². The number of carboxylic acid groups (broad SMARTS) is 2. The normalized spacial score (nSPS) is 10.2. The monoisotopic (exact) mass is 348 g/mol. The molecule has 0 fully saturated rings. The largest absolute Gasteiger partial charge is 0.478 e. The van der Waals surface area contributed by atoms with Gasteiger partial charge in [-0.2, -0.15) is 0 Å². The van der Waals surface area contributed by atoms with Crippen LogP contribution in [0.5, 0.6) is 0 Å². The minimum atomic E-state index is -0.993. The Morgan fingerprint density at radius 2 is 0.962 bits per heavy atom. The highest BCUT2D eigenvalue weighted by Crippen LogP contribution is 2.04. The molecule has 0 aliphatic heterocycles. The third-order valence-corrected chi connectivity index (χ3v) is 3.10. The van der Waals surface area contributed by atoms with E-state index in [-0.39, 0.29) is 11.1 Å². The number of carbonyl (C=O) groups is 2. The first-order chi connectivity index (χ1) is 12.4. The number of aliphatic carboxylic acids is 2. The Morgan fingerprint density at radius 3 is 1.23 bits per heavy atom. The van der Waals surface area contributed by atoms with Crippen molar-refractivity contribution in [1.82, 2.24) is 0 Å². The Hall–Kier alpha value is -3.66. The zero-order chi connectivity index (χ0) is 19.4. The predicted octanol–water partition coefficient (Wildman–Crippen LogP) is 4.68. The van der Waals surface area contributed by atoms with Gasteiger partial charge in [-0.3, -0.25) is 0 Å². The van der Waals surface area contributed by atoms with Crippen LogP contribution in [0, 0.1) is 0 Å². The first kappa shape index (κ1) is 20.4. The molecule has 0 spiro atoms. The minimum absolute atomic E-state index is 0.0869. The molecule has 2 aromatic carbocycles. The number of hydrogen-bond donors (Lipinski definition) is 2. The quantitative estimate of drug-likeness (QED) is 0.587. The molecule has 0 atom stereocenters.